The predicted octanol–water partition coefficient (Wildman–Crippen LogP) is 4.91. The average molecular weight is 337 g/mol. The van der Waals surface area contributed by atoms with E-state index in [0.717, 1.165) is 18.9 Å². The summed E-state index contributed by atoms with van der Waals surface area (Å²) in [5, 5.41) is 4.35. The van der Waals surface area contributed by atoms with Crippen molar-refractivity contribution in [1.82, 2.24) is 9.97 Å². The van der Waals surface area contributed by atoms with E-state index in [4.69, 9.17) is 23.2 Å². The van der Waals surface area contributed by atoms with E-state index in [9.17, 15) is 0 Å². The van der Waals surface area contributed by atoms with Gasteiger partial charge in [0.15, 0.2) is 0 Å². The van der Waals surface area contributed by atoms with Crippen LogP contribution in [-0.4, -0.2) is 23.1 Å². The number of nitrogens with zero attached hydrogens (tertiary/aromatic N) is 3. The molecule has 2 aromatic rings. The van der Waals surface area contributed by atoms with Gasteiger partial charge in [0.1, 0.15) is 5.82 Å². The van der Waals surface area contributed by atoms with E-state index in [2.05, 4.69) is 20.2 Å². The summed E-state index contributed by atoms with van der Waals surface area (Å²) in [6, 6.07) is 7.23. The molecule has 0 atom stereocenters. The molecule has 0 saturated carbocycles. The number of nitrogens with one attached hydrogen (secondary N) is 1. The highest BCUT2D eigenvalue weighted by Crippen LogP contribution is 2.28. The highest BCUT2D eigenvalue weighted by molar-refractivity contribution is 6.35. The van der Waals surface area contributed by atoms with Gasteiger partial charge in [-0.2, -0.15) is 4.98 Å². The second-order valence-corrected chi connectivity index (χ2v) is 6.23. The third-order valence-electron chi connectivity index (χ3n) is 3.75. The van der Waals surface area contributed by atoms with Gasteiger partial charge in [0, 0.05) is 24.3 Å². The molecule has 0 aliphatic carbocycles. The first-order chi connectivity index (χ1) is 10.7. The molecular weight excluding hydrogens is 319 g/mol. The molecule has 1 aliphatic heterocycles. The molecule has 0 spiro atoms. The Labute approximate surface area is 140 Å². The van der Waals surface area contributed by atoms with Gasteiger partial charge >= 0.3 is 0 Å². The van der Waals surface area contributed by atoms with Gasteiger partial charge in [-0.3, -0.25) is 0 Å². The van der Waals surface area contributed by atoms with Crippen molar-refractivity contribution in [3.05, 3.63) is 40.5 Å². The SMILES string of the molecule is Clc1ccc(Cl)c(Nc2nccc(N3CCCCCC3)n2)c1. The van der Waals surface area contributed by atoms with Gasteiger partial charge in [0.2, 0.25) is 5.95 Å². The van der Waals surface area contributed by atoms with Crippen LogP contribution >= 0.6 is 23.2 Å². The zero-order valence-electron chi connectivity index (χ0n) is 12.2. The van der Waals surface area contributed by atoms with Crippen LogP contribution in [-0.2, 0) is 0 Å². The Morgan fingerprint density at radius 1 is 1.00 bits per heavy atom. The molecule has 3 rings (SSSR count). The number of aromatic nitrogens is 2. The lowest BCUT2D eigenvalue weighted by Gasteiger charge is -2.21. The molecule has 22 heavy (non-hydrogen) atoms. The van der Waals surface area contributed by atoms with Crippen molar-refractivity contribution in [1.29, 1.82) is 0 Å². The van der Waals surface area contributed by atoms with Crippen LogP contribution in [0.4, 0.5) is 17.5 Å². The summed E-state index contributed by atoms with van der Waals surface area (Å²) in [4.78, 5) is 11.2. The van der Waals surface area contributed by atoms with Crippen molar-refractivity contribution in [3.8, 4) is 0 Å². The maximum absolute atomic E-state index is 6.17. The maximum atomic E-state index is 6.17. The third-order valence-corrected chi connectivity index (χ3v) is 4.31. The van der Waals surface area contributed by atoms with Gasteiger partial charge in [-0.1, -0.05) is 36.0 Å². The number of anilines is 3. The van der Waals surface area contributed by atoms with Crippen molar-refractivity contribution < 1.29 is 0 Å². The fourth-order valence-electron chi connectivity index (χ4n) is 2.60. The first kappa shape index (κ1) is 15.4. The number of benzene rings is 1. The van der Waals surface area contributed by atoms with Crippen molar-refractivity contribution >= 4 is 40.7 Å². The Morgan fingerprint density at radius 2 is 1.77 bits per heavy atom. The van der Waals surface area contributed by atoms with E-state index < -0.39 is 0 Å². The van der Waals surface area contributed by atoms with Crippen molar-refractivity contribution in [3.63, 3.8) is 0 Å². The fourth-order valence-corrected chi connectivity index (χ4v) is 2.94. The monoisotopic (exact) mass is 336 g/mol. The summed E-state index contributed by atoms with van der Waals surface area (Å²) in [5.41, 5.74) is 0.710. The smallest absolute Gasteiger partial charge is 0.229 e. The van der Waals surface area contributed by atoms with Crippen LogP contribution in [0.3, 0.4) is 0 Å². The molecule has 0 amide bonds. The van der Waals surface area contributed by atoms with E-state index in [1.165, 1.54) is 25.7 Å². The number of rotatable bonds is 3. The second kappa shape index (κ2) is 7.16. The van der Waals surface area contributed by atoms with Gasteiger partial charge in [0.05, 0.1) is 10.7 Å². The van der Waals surface area contributed by atoms with Crippen molar-refractivity contribution in [2.24, 2.45) is 0 Å². The van der Waals surface area contributed by atoms with Gasteiger partial charge in [-0.05, 0) is 37.1 Å². The number of hydrogen-bond donors (Lipinski definition) is 1. The molecule has 4 nitrogen and oxygen atoms in total. The molecule has 0 unspecified atom stereocenters. The summed E-state index contributed by atoms with van der Waals surface area (Å²) in [7, 11) is 0. The molecule has 2 heterocycles. The molecule has 1 N–H and O–H groups in total. The summed E-state index contributed by atoms with van der Waals surface area (Å²) in [5.74, 6) is 1.49. The Morgan fingerprint density at radius 3 is 2.55 bits per heavy atom. The Bertz CT molecular complexity index is 640. The average Bonchev–Trinajstić information content (AvgIpc) is 2.80. The van der Waals surface area contributed by atoms with Gasteiger partial charge < -0.3 is 10.2 Å². The van der Waals surface area contributed by atoms with Crippen LogP contribution in [0, 0.1) is 0 Å². The minimum atomic E-state index is 0.533. The highest BCUT2D eigenvalue weighted by Gasteiger charge is 2.12. The van der Waals surface area contributed by atoms with E-state index in [1.807, 2.05) is 6.07 Å². The third kappa shape index (κ3) is 3.81. The van der Waals surface area contributed by atoms with Crippen LogP contribution in [0.2, 0.25) is 10.0 Å². The Kier molecular flexibility index (Phi) is 5.01. The maximum Gasteiger partial charge on any atom is 0.229 e. The summed E-state index contributed by atoms with van der Waals surface area (Å²) in [6.45, 7) is 2.10. The minimum Gasteiger partial charge on any atom is -0.356 e. The van der Waals surface area contributed by atoms with Gasteiger partial charge in [0.25, 0.3) is 0 Å². The van der Waals surface area contributed by atoms with Crippen molar-refractivity contribution in [2.45, 2.75) is 25.7 Å². The van der Waals surface area contributed by atoms with Crippen molar-refractivity contribution in [2.75, 3.05) is 23.3 Å². The first-order valence-corrected chi connectivity index (χ1v) is 8.28. The van der Waals surface area contributed by atoms with Crippen LogP contribution in [0.15, 0.2) is 30.5 Å². The second-order valence-electron chi connectivity index (χ2n) is 5.39. The Balaban J connectivity index is 1.80. The lowest BCUT2D eigenvalue weighted by molar-refractivity contribution is 0.726. The molecule has 0 radical (unpaired) electrons. The lowest BCUT2D eigenvalue weighted by atomic mass is 10.2. The largest absolute Gasteiger partial charge is 0.356 e. The van der Waals surface area contributed by atoms with Crippen LogP contribution < -0.4 is 10.2 Å². The quantitative estimate of drug-likeness (QED) is 0.864. The standard InChI is InChI=1S/C16H18Cl2N4/c17-12-5-6-13(18)14(11-12)20-16-19-8-7-15(21-16)22-9-3-1-2-4-10-22/h5-8,11H,1-4,9-10H2,(H,19,20,21). The molecule has 1 aromatic carbocycles. The van der Waals surface area contributed by atoms with Crippen LogP contribution in [0.1, 0.15) is 25.7 Å². The fraction of sp³-hybridized carbons (Fsp3) is 0.375. The summed E-state index contributed by atoms with van der Waals surface area (Å²) < 4.78 is 0. The molecule has 1 aliphatic rings. The molecule has 1 aromatic heterocycles. The molecule has 1 fully saturated rings. The van der Waals surface area contributed by atoms with Crippen LogP contribution in [0.5, 0.6) is 0 Å². The normalized spacial score (nSPS) is 15.5. The van der Waals surface area contributed by atoms with E-state index >= 15 is 0 Å². The molecule has 116 valence electrons. The zero-order valence-corrected chi connectivity index (χ0v) is 13.7. The molecular formula is C16H18Cl2N4. The number of halogens is 2. The zero-order chi connectivity index (χ0) is 15.4. The lowest BCUT2D eigenvalue weighted by Crippen LogP contribution is -2.25. The summed E-state index contributed by atoms with van der Waals surface area (Å²) in [6.07, 6.45) is 6.80. The molecule has 0 bridgehead atoms. The Hall–Kier alpha value is -1.52. The van der Waals surface area contributed by atoms with Gasteiger partial charge in [-0.25, -0.2) is 4.98 Å². The predicted molar refractivity (Wildman–Crippen MR) is 92.5 cm³/mol. The van der Waals surface area contributed by atoms with Crippen LogP contribution in [0.25, 0.3) is 0 Å². The van der Waals surface area contributed by atoms with E-state index in [-0.39, 0.29) is 0 Å². The highest BCUT2D eigenvalue weighted by atomic mass is 35.5. The van der Waals surface area contributed by atoms with E-state index in [1.54, 1.807) is 24.4 Å². The summed E-state index contributed by atoms with van der Waals surface area (Å²) >= 11 is 12.2. The first-order valence-electron chi connectivity index (χ1n) is 7.52. The van der Waals surface area contributed by atoms with E-state index in [0.29, 0.717) is 21.7 Å². The minimum absolute atomic E-state index is 0.533. The molecule has 6 heteroatoms. The van der Waals surface area contributed by atoms with Gasteiger partial charge in [-0.15, -0.1) is 0 Å². The number of hydrogen-bond acceptors (Lipinski definition) is 4. The topological polar surface area (TPSA) is 41.1 Å². The molecule has 1 saturated heterocycles.